The average Bonchev–Trinajstić information content (AvgIpc) is 2.46. The molecule has 0 radical (unpaired) electrons. The number of nitrogens with zero attached hydrogens (tertiary/aromatic N) is 1. The summed E-state index contributed by atoms with van der Waals surface area (Å²) < 4.78 is 6.46. The third kappa shape index (κ3) is 3.48. The number of rotatable bonds is 4. The minimum absolute atomic E-state index is 0.0504. The van der Waals surface area contributed by atoms with E-state index in [1.54, 1.807) is 7.11 Å². The van der Waals surface area contributed by atoms with E-state index < -0.39 is 0 Å². The SMILES string of the molecule is COc1ccc(Br)cc1C(N)C(C)N1CCNCC1. The molecule has 0 aromatic heterocycles. The summed E-state index contributed by atoms with van der Waals surface area (Å²) in [7, 11) is 1.69. The van der Waals surface area contributed by atoms with Gasteiger partial charge >= 0.3 is 0 Å². The second-order valence-corrected chi connectivity index (χ2v) is 5.85. The van der Waals surface area contributed by atoms with Crippen molar-refractivity contribution in [1.29, 1.82) is 0 Å². The van der Waals surface area contributed by atoms with E-state index in [1.807, 2.05) is 12.1 Å². The van der Waals surface area contributed by atoms with Gasteiger partial charge in [-0.25, -0.2) is 0 Å². The highest BCUT2D eigenvalue weighted by molar-refractivity contribution is 9.10. The first-order valence-corrected chi connectivity index (χ1v) is 7.46. The van der Waals surface area contributed by atoms with Gasteiger partial charge < -0.3 is 15.8 Å². The molecule has 19 heavy (non-hydrogen) atoms. The molecule has 0 amide bonds. The van der Waals surface area contributed by atoms with Gasteiger partial charge in [0, 0.05) is 48.3 Å². The van der Waals surface area contributed by atoms with Crippen LogP contribution in [0.15, 0.2) is 22.7 Å². The Morgan fingerprint density at radius 1 is 1.37 bits per heavy atom. The zero-order chi connectivity index (χ0) is 13.8. The summed E-state index contributed by atoms with van der Waals surface area (Å²) in [6.07, 6.45) is 0. The van der Waals surface area contributed by atoms with Gasteiger partial charge in [0.2, 0.25) is 0 Å². The van der Waals surface area contributed by atoms with Crippen molar-refractivity contribution in [2.24, 2.45) is 5.73 Å². The Bertz CT molecular complexity index is 421. The lowest BCUT2D eigenvalue weighted by Crippen LogP contribution is -2.50. The first kappa shape index (κ1) is 14.8. The van der Waals surface area contributed by atoms with E-state index in [9.17, 15) is 0 Å². The molecule has 1 aromatic carbocycles. The number of piperazine rings is 1. The Morgan fingerprint density at radius 3 is 2.68 bits per heavy atom. The van der Waals surface area contributed by atoms with E-state index in [4.69, 9.17) is 10.5 Å². The molecule has 1 aliphatic rings. The van der Waals surface area contributed by atoms with Gasteiger partial charge in [-0.1, -0.05) is 15.9 Å². The zero-order valence-electron chi connectivity index (χ0n) is 11.5. The predicted molar refractivity (Wildman–Crippen MR) is 81.5 cm³/mol. The molecule has 2 unspecified atom stereocenters. The molecule has 2 atom stereocenters. The Morgan fingerprint density at radius 2 is 2.05 bits per heavy atom. The number of hydrogen-bond acceptors (Lipinski definition) is 4. The number of nitrogens with one attached hydrogen (secondary N) is 1. The van der Waals surface area contributed by atoms with Crippen molar-refractivity contribution in [3.63, 3.8) is 0 Å². The molecule has 1 aliphatic heterocycles. The summed E-state index contributed by atoms with van der Waals surface area (Å²) >= 11 is 3.50. The number of nitrogens with two attached hydrogens (primary N) is 1. The molecule has 3 N–H and O–H groups in total. The standard InChI is InChI=1S/C14H22BrN3O/c1-10(18-7-5-17-6-8-18)14(16)12-9-11(15)3-4-13(12)19-2/h3-4,9-10,14,17H,5-8,16H2,1-2H3. The van der Waals surface area contributed by atoms with Crippen LogP contribution in [0.4, 0.5) is 0 Å². The molecule has 0 bridgehead atoms. The molecule has 5 heteroatoms. The fourth-order valence-corrected chi connectivity index (χ4v) is 2.92. The molecule has 2 rings (SSSR count). The highest BCUT2D eigenvalue weighted by Crippen LogP contribution is 2.30. The molecule has 1 aromatic rings. The van der Waals surface area contributed by atoms with Crippen molar-refractivity contribution >= 4 is 15.9 Å². The highest BCUT2D eigenvalue weighted by Gasteiger charge is 2.25. The van der Waals surface area contributed by atoms with Crippen LogP contribution in [0.3, 0.4) is 0 Å². The maximum atomic E-state index is 6.45. The summed E-state index contributed by atoms with van der Waals surface area (Å²) in [6, 6.07) is 6.24. The van der Waals surface area contributed by atoms with Crippen LogP contribution in [0.5, 0.6) is 5.75 Å². The van der Waals surface area contributed by atoms with Gasteiger partial charge in [-0.3, -0.25) is 4.90 Å². The maximum Gasteiger partial charge on any atom is 0.123 e. The second kappa shape index (κ2) is 6.70. The largest absolute Gasteiger partial charge is 0.496 e. The van der Waals surface area contributed by atoms with Crippen LogP contribution in [0.2, 0.25) is 0 Å². The minimum atomic E-state index is -0.0504. The minimum Gasteiger partial charge on any atom is -0.496 e. The van der Waals surface area contributed by atoms with Gasteiger partial charge in [-0.05, 0) is 25.1 Å². The van der Waals surface area contributed by atoms with Crippen LogP contribution in [-0.4, -0.2) is 44.2 Å². The molecule has 1 saturated heterocycles. The first-order valence-electron chi connectivity index (χ1n) is 6.67. The van der Waals surface area contributed by atoms with E-state index >= 15 is 0 Å². The molecule has 0 aliphatic carbocycles. The van der Waals surface area contributed by atoms with E-state index in [2.05, 4.69) is 39.1 Å². The number of halogens is 1. The highest BCUT2D eigenvalue weighted by atomic mass is 79.9. The molecular formula is C14H22BrN3O. The van der Waals surface area contributed by atoms with Crippen molar-refractivity contribution in [1.82, 2.24) is 10.2 Å². The zero-order valence-corrected chi connectivity index (χ0v) is 13.1. The average molecular weight is 328 g/mol. The van der Waals surface area contributed by atoms with E-state index in [1.165, 1.54) is 0 Å². The number of methoxy groups -OCH3 is 1. The van der Waals surface area contributed by atoms with Crippen molar-refractivity contribution in [2.45, 2.75) is 19.0 Å². The lowest BCUT2D eigenvalue weighted by molar-refractivity contribution is 0.162. The molecular weight excluding hydrogens is 306 g/mol. The van der Waals surface area contributed by atoms with Crippen LogP contribution < -0.4 is 15.8 Å². The number of hydrogen-bond donors (Lipinski definition) is 2. The topological polar surface area (TPSA) is 50.5 Å². The monoisotopic (exact) mass is 327 g/mol. The maximum absolute atomic E-state index is 6.45. The summed E-state index contributed by atoms with van der Waals surface area (Å²) in [5, 5.41) is 3.37. The van der Waals surface area contributed by atoms with E-state index in [0.29, 0.717) is 6.04 Å². The van der Waals surface area contributed by atoms with Gasteiger partial charge in [-0.2, -0.15) is 0 Å². The summed E-state index contributed by atoms with van der Waals surface area (Å²) in [6.45, 7) is 6.35. The lowest BCUT2D eigenvalue weighted by Gasteiger charge is -2.36. The predicted octanol–water partition coefficient (Wildman–Crippen LogP) is 1.75. The Hall–Kier alpha value is -0.620. The first-order chi connectivity index (χ1) is 9.13. The van der Waals surface area contributed by atoms with Crippen LogP contribution in [0.1, 0.15) is 18.5 Å². The Balaban J connectivity index is 2.17. The smallest absolute Gasteiger partial charge is 0.123 e. The molecule has 1 fully saturated rings. The van der Waals surface area contributed by atoms with Crippen LogP contribution in [-0.2, 0) is 0 Å². The van der Waals surface area contributed by atoms with Gasteiger partial charge in [0.25, 0.3) is 0 Å². The van der Waals surface area contributed by atoms with Crippen LogP contribution in [0, 0.1) is 0 Å². The van der Waals surface area contributed by atoms with Gasteiger partial charge in [0.1, 0.15) is 5.75 Å². The molecule has 4 nitrogen and oxygen atoms in total. The van der Waals surface area contributed by atoms with Crippen molar-refractivity contribution in [2.75, 3.05) is 33.3 Å². The lowest BCUT2D eigenvalue weighted by atomic mass is 9.98. The van der Waals surface area contributed by atoms with E-state index in [-0.39, 0.29) is 6.04 Å². The van der Waals surface area contributed by atoms with Gasteiger partial charge in [0.05, 0.1) is 7.11 Å². The second-order valence-electron chi connectivity index (χ2n) is 4.94. The van der Waals surface area contributed by atoms with Crippen molar-refractivity contribution < 1.29 is 4.74 Å². The van der Waals surface area contributed by atoms with Gasteiger partial charge in [-0.15, -0.1) is 0 Å². The number of ether oxygens (including phenoxy) is 1. The third-order valence-corrected chi connectivity index (χ3v) is 4.29. The molecule has 0 saturated carbocycles. The van der Waals surface area contributed by atoms with Crippen molar-refractivity contribution in [3.8, 4) is 5.75 Å². The van der Waals surface area contributed by atoms with Crippen LogP contribution in [0.25, 0.3) is 0 Å². The van der Waals surface area contributed by atoms with Gasteiger partial charge in [0.15, 0.2) is 0 Å². The molecule has 106 valence electrons. The van der Waals surface area contributed by atoms with Crippen molar-refractivity contribution in [3.05, 3.63) is 28.2 Å². The number of benzene rings is 1. The third-order valence-electron chi connectivity index (χ3n) is 3.80. The van der Waals surface area contributed by atoms with Crippen LogP contribution >= 0.6 is 15.9 Å². The fourth-order valence-electron chi connectivity index (χ4n) is 2.54. The summed E-state index contributed by atoms with van der Waals surface area (Å²) in [5.74, 6) is 0.859. The Kier molecular flexibility index (Phi) is 5.21. The molecule has 1 heterocycles. The quantitative estimate of drug-likeness (QED) is 0.884. The summed E-state index contributed by atoms with van der Waals surface area (Å²) in [5.41, 5.74) is 7.51. The normalized spacial score (nSPS) is 20.0. The Labute approximate surface area is 123 Å². The summed E-state index contributed by atoms with van der Waals surface area (Å²) in [4.78, 5) is 2.43. The molecule has 0 spiro atoms. The van der Waals surface area contributed by atoms with E-state index in [0.717, 1.165) is 42.0 Å². The fraction of sp³-hybridized carbons (Fsp3) is 0.571.